The predicted octanol–water partition coefficient (Wildman–Crippen LogP) is 2.64. The van der Waals surface area contributed by atoms with E-state index in [0.717, 1.165) is 29.0 Å². The van der Waals surface area contributed by atoms with Gasteiger partial charge in [0.05, 0.1) is 12.2 Å². The number of rotatable bonds is 7. The van der Waals surface area contributed by atoms with Crippen LogP contribution in [0.2, 0.25) is 0 Å². The molecule has 28 heavy (non-hydrogen) atoms. The summed E-state index contributed by atoms with van der Waals surface area (Å²) in [5.41, 5.74) is 1.13. The highest BCUT2D eigenvalue weighted by molar-refractivity contribution is 5.83. The number of pyridine rings is 1. The fourth-order valence-corrected chi connectivity index (χ4v) is 3.30. The molecule has 4 aromatic rings. The first-order valence-electron chi connectivity index (χ1n) is 9.37. The molecular formula is C20H22N6O2. The smallest absolute Gasteiger partial charge is 0.259 e. The number of imidazole rings is 1. The summed E-state index contributed by atoms with van der Waals surface area (Å²) < 4.78 is 9.55. The van der Waals surface area contributed by atoms with Crippen LogP contribution in [0.4, 0.5) is 0 Å². The Kier molecular flexibility index (Phi) is 4.92. The summed E-state index contributed by atoms with van der Waals surface area (Å²) in [7, 11) is 0. The molecule has 0 aliphatic rings. The van der Waals surface area contributed by atoms with Crippen LogP contribution < -0.4 is 10.3 Å². The van der Waals surface area contributed by atoms with E-state index in [1.165, 1.54) is 0 Å². The van der Waals surface area contributed by atoms with Gasteiger partial charge in [-0.2, -0.15) is 0 Å². The normalized spacial score (nSPS) is 11.2. The average Bonchev–Trinajstić information content (AvgIpc) is 3.35. The van der Waals surface area contributed by atoms with Gasteiger partial charge in [0.2, 0.25) is 0 Å². The largest absolute Gasteiger partial charge is 0.494 e. The fourth-order valence-electron chi connectivity index (χ4n) is 3.30. The summed E-state index contributed by atoms with van der Waals surface area (Å²) in [6.07, 6.45) is 6.02. The van der Waals surface area contributed by atoms with Gasteiger partial charge in [-0.25, -0.2) is 4.98 Å². The average molecular weight is 378 g/mol. The molecule has 0 radical (unpaired) electrons. The summed E-state index contributed by atoms with van der Waals surface area (Å²) >= 11 is 0. The summed E-state index contributed by atoms with van der Waals surface area (Å²) in [5, 5.41) is 9.04. The number of aryl methyl sites for hydroxylation is 3. The zero-order valence-electron chi connectivity index (χ0n) is 15.9. The SMILES string of the molecule is CCOc1ccc2[nH]c(=O)c(-c3nccn3CCc3nncn3CC)cc2c1. The predicted molar refractivity (Wildman–Crippen MR) is 106 cm³/mol. The van der Waals surface area contributed by atoms with Crippen molar-refractivity contribution in [1.82, 2.24) is 29.3 Å². The molecule has 3 heterocycles. The van der Waals surface area contributed by atoms with Crippen molar-refractivity contribution in [2.45, 2.75) is 33.4 Å². The second-order valence-electron chi connectivity index (χ2n) is 6.42. The molecule has 0 unspecified atom stereocenters. The number of fused-ring (bicyclic) bond motifs is 1. The number of nitrogens with zero attached hydrogens (tertiary/aromatic N) is 5. The van der Waals surface area contributed by atoms with E-state index < -0.39 is 0 Å². The lowest BCUT2D eigenvalue weighted by atomic mass is 10.1. The van der Waals surface area contributed by atoms with Crippen LogP contribution in [0.15, 0.2) is 47.8 Å². The van der Waals surface area contributed by atoms with Crippen LogP contribution in [0, 0.1) is 0 Å². The fraction of sp³-hybridized carbons (Fsp3) is 0.300. The van der Waals surface area contributed by atoms with Gasteiger partial charge in [0.1, 0.15) is 23.7 Å². The van der Waals surface area contributed by atoms with Gasteiger partial charge in [-0.05, 0) is 38.1 Å². The number of hydrogen-bond donors (Lipinski definition) is 1. The third-order valence-corrected chi connectivity index (χ3v) is 4.70. The number of benzene rings is 1. The summed E-state index contributed by atoms with van der Waals surface area (Å²) in [5.74, 6) is 2.32. The first-order chi connectivity index (χ1) is 13.7. The van der Waals surface area contributed by atoms with E-state index in [2.05, 4.69) is 27.1 Å². The highest BCUT2D eigenvalue weighted by atomic mass is 16.5. The van der Waals surface area contributed by atoms with Gasteiger partial charge in [0, 0.05) is 42.8 Å². The van der Waals surface area contributed by atoms with E-state index in [1.807, 2.05) is 46.5 Å². The van der Waals surface area contributed by atoms with E-state index >= 15 is 0 Å². The highest BCUT2D eigenvalue weighted by Gasteiger charge is 2.13. The van der Waals surface area contributed by atoms with Crippen LogP contribution in [-0.4, -0.2) is 35.9 Å². The molecule has 4 rings (SSSR count). The van der Waals surface area contributed by atoms with Crippen molar-refractivity contribution in [2.24, 2.45) is 0 Å². The minimum absolute atomic E-state index is 0.166. The third kappa shape index (κ3) is 3.40. The Morgan fingerprint density at radius 2 is 2.07 bits per heavy atom. The van der Waals surface area contributed by atoms with E-state index in [4.69, 9.17) is 4.74 Å². The molecule has 0 atom stereocenters. The molecule has 0 saturated carbocycles. The van der Waals surface area contributed by atoms with Gasteiger partial charge in [0.15, 0.2) is 0 Å². The molecule has 3 aromatic heterocycles. The quantitative estimate of drug-likeness (QED) is 0.534. The number of hydrogen-bond acceptors (Lipinski definition) is 5. The van der Waals surface area contributed by atoms with Crippen LogP contribution in [0.1, 0.15) is 19.7 Å². The van der Waals surface area contributed by atoms with E-state index in [-0.39, 0.29) is 5.56 Å². The third-order valence-electron chi connectivity index (χ3n) is 4.70. The molecule has 1 aromatic carbocycles. The Hall–Kier alpha value is -3.42. The molecule has 1 N–H and O–H groups in total. The lowest BCUT2D eigenvalue weighted by molar-refractivity contribution is 0.340. The Balaban J connectivity index is 1.67. The van der Waals surface area contributed by atoms with Gasteiger partial charge in [-0.3, -0.25) is 4.79 Å². The molecular weight excluding hydrogens is 356 g/mol. The van der Waals surface area contributed by atoms with Gasteiger partial charge >= 0.3 is 0 Å². The van der Waals surface area contributed by atoms with Crippen molar-refractivity contribution in [3.63, 3.8) is 0 Å². The number of H-pyrrole nitrogens is 1. The zero-order chi connectivity index (χ0) is 19.5. The molecule has 0 aliphatic heterocycles. The molecule has 0 aliphatic carbocycles. The summed E-state index contributed by atoms with van der Waals surface area (Å²) in [6.45, 7) is 6.07. The monoisotopic (exact) mass is 378 g/mol. The second-order valence-corrected chi connectivity index (χ2v) is 6.42. The number of aromatic amines is 1. The molecule has 144 valence electrons. The van der Waals surface area contributed by atoms with Crippen LogP contribution in [0.5, 0.6) is 5.75 Å². The lowest BCUT2D eigenvalue weighted by Crippen LogP contribution is -2.13. The summed E-state index contributed by atoms with van der Waals surface area (Å²) in [4.78, 5) is 20.0. The minimum atomic E-state index is -0.166. The minimum Gasteiger partial charge on any atom is -0.494 e. The van der Waals surface area contributed by atoms with Gasteiger partial charge in [-0.1, -0.05) is 0 Å². The Morgan fingerprint density at radius 1 is 1.18 bits per heavy atom. The van der Waals surface area contributed by atoms with Crippen molar-refractivity contribution < 1.29 is 4.74 Å². The van der Waals surface area contributed by atoms with Crippen molar-refractivity contribution in [2.75, 3.05) is 6.61 Å². The number of nitrogens with one attached hydrogen (secondary N) is 1. The van der Waals surface area contributed by atoms with E-state index in [1.54, 1.807) is 12.5 Å². The topological polar surface area (TPSA) is 90.6 Å². The maximum Gasteiger partial charge on any atom is 0.259 e. The first-order valence-corrected chi connectivity index (χ1v) is 9.37. The molecule has 0 fully saturated rings. The molecule has 0 spiro atoms. The van der Waals surface area contributed by atoms with Crippen LogP contribution in [0.3, 0.4) is 0 Å². The van der Waals surface area contributed by atoms with Crippen LogP contribution >= 0.6 is 0 Å². The Labute approximate surface area is 161 Å². The molecule has 8 nitrogen and oxygen atoms in total. The Morgan fingerprint density at radius 3 is 2.89 bits per heavy atom. The van der Waals surface area contributed by atoms with Crippen molar-refractivity contribution in [1.29, 1.82) is 0 Å². The van der Waals surface area contributed by atoms with Crippen molar-refractivity contribution in [3.8, 4) is 17.1 Å². The van der Waals surface area contributed by atoms with Crippen molar-refractivity contribution in [3.05, 3.63) is 59.2 Å². The number of ether oxygens (including phenoxy) is 1. The Bertz CT molecular complexity index is 1160. The van der Waals surface area contributed by atoms with Crippen molar-refractivity contribution >= 4 is 10.9 Å². The van der Waals surface area contributed by atoms with E-state index in [0.29, 0.717) is 31.0 Å². The molecule has 0 bridgehead atoms. The maximum absolute atomic E-state index is 12.7. The first kappa shape index (κ1) is 18.0. The summed E-state index contributed by atoms with van der Waals surface area (Å²) in [6, 6.07) is 7.50. The van der Waals surface area contributed by atoms with Gasteiger partial charge in [-0.15, -0.1) is 10.2 Å². The zero-order valence-corrected chi connectivity index (χ0v) is 15.9. The number of aromatic nitrogens is 6. The molecule has 0 amide bonds. The molecule has 0 saturated heterocycles. The van der Waals surface area contributed by atoms with Gasteiger partial charge in [0.25, 0.3) is 5.56 Å². The molecule has 8 heteroatoms. The maximum atomic E-state index is 12.7. The lowest BCUT2D eigenvalue weighted by Gasteiger charge is -2.09. The second kappa shape index (κ2) is 7.67. The van der Waals surface area contributed by atoms with Gasteiger partial charge < -0.3 is 18.9 Å². The van der Waals surface area contributed by atoms with Crippen LogP contribution in [0.25, 0.3) is 22.3 Å². The highest BCUT2D eigenvalue weighted by Crippen LogP contribution is 2.23. The standard InChI is InChI=1S/C20H22N6O2/c1-3-25-13-22-24-18(25)7-9-26-10-8-21-19(26)16-12-14-11-15(28-4-2)5-6-17(14)23-20(16)27/h5-6,8,10-13H,3-4,7,9H2,1-2H3,(H,23,27). The van der Waals surface area contributed by atoms with Crippen LogP contribution in [-0.2, 0) is 19.5 Å². The van der Waals surface area contributed by atoms with E-state index in [9.17, 15) is 4.79 Å².